The molecule has 25 heavy (non-hydrogen) atoms. The summed E-state index contributed by atoms with van der Waals surface area (Å²) in [5.74, 6) is 0.889. The lowest BCUT2D eigenvalue weighted by molar-refractivity contribution is -0.126. The third kappa shape index (κ3) is 4.02. The molecule has 1 fully saturated rings. The topological polar surface area (TPSA) is 63.4 Å². The third-order valence-corrected chi connectivity index (χ3v) is 4.87. The predicted molar refractivity (Wildman–Crippen MR) is 97.5 cm³/mol. The Hall–Kier alpha value is -2.34. The summed E-state index contributed by atoms with van der Waals surface area (Å²) in [5, 5.41) is 4.74. The molecular weight excluding hydrogens is 336 g/mol. The maximum atomic E-state index is 12.3. The highest BCUT2D eigenvalue weighted by Crippen LogP contribution is 2.32. The van der Waals surface area contributed by atoms with Crippen molar-refractivity contribution in [3.05, 3.63) is 53.3 Å². The van der Waals surface area contributed by atoms with Crippen LogP contribution in [-0.4, -0.2) is 27.5 Å². The fourth-order valence-corrected chi connectivity index (χ4v) is 3.26. The molecule has 2 heterocycles. The highest BCUT2D eigenvalue weighted by atomic mass is 32.2. The van der Waals surface area contributed by atoms with E-state index >= 15 is 0 Å². The fraction of sp³-hybridized carbons (Fsp3) is 0.316. The second kappa shape index (κ2) is 6.88. The molecule has 0 bridgehead atoms. The number of amides is 1. The molecule has 1 amide bonds. The van der Waals surface area contributed by atoms with Gasteiger partial charge in [0.25, 0.3) is 0 Å². The van der Waals surface area contributed by atoms with Gasteiger partial charge in [-0.15, -0.1) is 0 Å². The van der Waals surface area contributed by atoms with Gasteiger partial charge >= 0.3 is 0 Å². The standard InChI is InChI=1S/C19H20N2O3S/c1-19(2,3)16(22)10-18-21(17(23)12-25-18)11-14-9-15(20-24-14)13-7-5-4-6-8-13/h4-10H,11-12H2,1-3H3. The minimum Gasteiger partial charge on any atom is -0.359 e. The van der Waals surface area contributed by atoms with Gasteiger partial charge < -0.3 is 4.52 Å². The van der Waals surface area contributed by atoms with Crippen LogP contribution in [0.4, 0.5) is 0 Å². The maximum absolute atomic E-state index is 12.3. The first kappa shape index (κ1) is 17.5. The highest BCUT2D eigenvalue weighted by molar-refractivity contribution is 8.04. The molecule has 1 aliphatic rings. The first-order valence-electron chi connectivity index (χ1n) is 8.05. The molecule has 0 saturated carbocycles. The molecule has 0 N–H and O–H groups in total. The summed E-state index contributed by atoms with van der Waals surface area (Å²) in [5.41, 5.74) is 1.21. The van der Waals surface area contributed by atoms with Crippen LogP contribution in [0.1, 0.15) is 26.5 Å². The molecule has 5 nitrogen and oxygen atoms in total. The smallest absolute Gasteiger partial charge is 0.238 e. The van der Waals surface area contributed by atoms with Crippen molar-refractivity contribution in [2.24, 2.45) is 5.41 Å². The molecule has 0 unspecified atom stereocenters. The summed E-state index contributed by atoms with van der Waals surface area (Å²) >= 11 is 1.38. The van der Waals surface area contributed by atoms with Crippen LogP contribution in [0, 0.1) is 5.41 Å². The number of carbonyl (C=O) groups is 2. The number of rotatable bonds is 4. The largest absolute Gasteiger partial charge is 0.359 e. The zero-order valence-corrected chi connectivity index (χ0v) is 15.3. The lowest BCUT2D eigenvalue weighted by atomic mass is 9.91. The van der Waals surface area contributed by atoms with Gasteiger partial charge in [0.15, 0.2) is 11.5 Å². The van der Waals surface area contributed by atoms with Crippen molar-refractivity contribution in [1.29, 1.82) is 0 Å². The Bertz CT molecular complexity index is 819. The number of allylic oxidation sites excluding steroid dienone is 1. The van der Waals surface area contributed by atoms with Crippen molar-refractivity contribution >= 4 is 23.5 Å². The van der Waals surface area contributed by atoms with Crippen molar-refractivity contribution in [3.8, 4) is 11.3 Å². The Kier molecular flexibility index (Phi) is 4.81. The van der Waals surface area contributed by atoms with Gasteiger partial charge in [0.1, 0.15) is 5.69 Å². The first-order chi connectivity index (χ1) is 11.8. The number of benzene rings is 1. The van der Waals surface area contributed by atoms with E-state index in [1.807, 2.05) is 57.2 Å². The summed E-state index contributed by atoms with van der Waals surface area (Å²) in [6.07, 6.45) is 1.56. The van der Waals surface area contributed by atoms with Crippen LogP contribution in [-0.2, 0) is 16.1 Å². The average Bonchev–Trinajstić information content (AvgIpc) is 3.17. The van der Waals surface area contributed by atoms with Gasteiger partial charge in [0.05, 0.1) is 17.3 Å². The lowest BCUT2D eigenvalue weighted by Crippen LogP contribution is -2.25. The van der Waals surface area contributed by atoms with E-state index in [1.54, 1.807) is 11.0 Å². The van der Waals surface area contributed by atoms with Gasteiger partial charge in [0.2, 0.25) is 5.91 Å². The number of aromatic nitrogens is 1. The summed E-state index contributed by atoms with van der Waals surface area (Å²) in [7, 11) is 0. The molecule has 6 heteroatoms. The Balaban J connectivity index is 1.79. The van der Waals surface area contributed by atoms with E-state index < -0.39 is 5.41 Å². The normalized spacial score (nSPS) is 16.7. The molecule has 130 valence electrons. The maximum Gasteiger partial charge on any atom is 0.238 e. The van der Waals surface area contributed by atoms with E-state index in [1.165, 1.54) is 11.8 Å². The van der Waals surface area contributed by atoms with Gasteiger partial charge in [-0.2, -0.15) is 0 Å². The number of nitrogens with zero attached hydrogens (tertiary/aromatic N) is 2. The van der Waals surface area contributed by atoms with Crippen LogP contribution < -0.4 is 0 Å². The van der Waals surface area contributed by atoms with Crippen LogP contribution in [0.5, 0.6) is 0 Å². The minimum absolute atomic E-state index is 0.00255. The Morgan fingerprint density at radius 1 is 1.32 bits per heavy atom. The third-order valence-electron chi connectivity index (χ3n) is 3.85. The Morgan fingerprint density at radius 3 is 2.72 bits per heavy atom. The summed E-state index contributed by atoms with van der Waals surface area (Å²) < 4.78 is 5.38. The molecular formula is C19H20N2O3S. The lowest BCUT2D eigenvalue weighted by Gasteiger charge is -2.18. The van der Waals surface area contributed by atoms with Gasteiger partial charge in [-0.3, -0.25) is 14.5 Å². The number of thioether (sulfide) groups is 1. The zero-order valence-electron chi connectivity index (χ0n) is 14.5. The SMILES string of the molecule is CC(C)(C)C(=O)C=C1SCC(=O)N1Cc1cc(-c2ccccc2)no1. The monoisotopic (exact) mass is 356 g/mol. The second-order valence-corrected chi connectivity index (χ2v) is 7.91. The van der Waals surface area contributed by atoms with E-state index in [0.29, 0.717) is 16.5 Å². The molecule has 1 aromatic carbocycles. The van der Waals surface area contributed by atoms with Gasteiger partial charge in [-0.1, -0.05) is 68.0 Å². The van der Waals surface area contributed by atoms with Crippen LogP contribution in [0.2, 0.25) is 0 Å². The van der Waals surface area contributed by atoms with Crippen molar-refractivity contribution in [1.82, 2.24) is 10.1 Å². The molecule has 2 aromatic rings. The molecule has 0 spiro atoms. The fourth-order valence-electron chi connectivity index (χ4n) is 2.32. The van der Waals surface area contributed by atoms with Gasteiger partial charge in [0, 0.05) is 23.1 Å². The Labute approximate surface area is 151 Å². The molecule has 3 rings (SSSR count). The summed E-state index contributed by atoms with van der Waals surface area (Å²) in [4.78, 5) is 26.0. The second-order valence-electron chi connectivity index (χ2n) is 6.91. The van der Waals surface area contributed by atoms with Crippen molar-refractivity contribution in [3.63, 3.8) is 0 Å². The van der Waals surface area contributed by atoms with Gasteiger partial charge in [-0.05, 0) is 0 Å². The van der Waals surface area contributed by atoms with Crippen LogP contribution in [0.3, 0.4) is 0 Å². The summed E-state index contributed by atoms with van der Waals surface area (Å²) in [6, 6.07) is 11.5. The predicted octanol–water partition coefficient (Wildman–Crippen LogP) is 3.87. The number of hydrogen-bond donors (Lipinski definition) is 0. The minimum atomic E-state index is -0.475. The van der Waals surface area contributed by atoms with Crippen LogP contribution in [0.25, 0.3) is 11.3 Å². The Morgan fingerprint density at radius 2 is 2.04 bits per heavy atom. The zero-order chi connectivity index (χ0) is 18.0. The number of ketones is 1. The van der Waals surface area contributed by atoms with Crippen molar-refractivity contribution < 1.29 is 14.1 Å². The molecule has 1 aliphatic heterocycles. The summed E-state index contributed by atoms with van der Waals surface area (Å²) in [6.45, 7) is 5.86. The van der Waals surface area contributed by atoms with Crippen molar-refractivity contribution in [2.45, 2.75) is 27.3 Å². The quantitative estimate of drug-likeness (QED) is 0.778. The average molecular weight is 356 g/mol. The van der Waals surface area contributed by atoms with Crippen LogP contribution >= 0.6 is 11.8 Å². The van der Waals surface area contributed by atoms with Crippen molar-refractivity contribution in [2.75, 3.05) is 5.75 Å². The molecule has 1 saturated heterocycles. The van der Waals surface area contributed by atoms with E-state index in [0.717, 1.165) is 11.3 Å². The molecule has 0 atom stereocenters. The number of hydrogen-bond acceptors (Lipinski definition) is 5. The van der Waals surface area contributed by atoms with Crippen LogP contribution in [0.15, 0.2) is 52.0 Å². The number of carbonyl (C=O) groups excluding carboxylic acids is 2. The first-order valence-corrected chi connectivity index (χ1v) is 9.03. The van der Waals surface area contributed by atoms with E-state index in [4.69, 9.17) is 4.52 Å². The molecule has 0 aliphatic carbocycles. The highest BCUT2D eigenvalue weighted by Gasteiger charge is 2.30. The van der Waals surface area contributed by atoms with E-state index in [9.17, 15) is 9.59 Å². The molecule has 0 radical (unpaired) electrons. The van der Waals surface area contributed by atoms with E-state index in [-0.39, 0.29) is 18.2 Å². The van der Waals surface area contributed by atoms with Gasteiger partial charge in [-0.25, -0.2) is 0 Å². The van der Waals surface area contributed by atoms with E-state index in [2.05, 4.69) is 5.16 Å². The molecule has 1 aromatic heterocycles.